The lowest BCUT2D eigenvalue weighted by molar-refractivity contribution is -0.117. The molecule has 0 atom stereocenters. The van der Waals surface area contributed by atoms with Crippen LogP contribution in [0.4, 0.5) is 0 Å². The third-order valence-electron chi connectivity index (χ3n) is 1.89. The Morgan fingerprint density at radius 2 is 2.13 bits per heavy atom. The molecular weight excluding hydrogens is 198 g/mol. The fourth-order valence-corrected chi connectivity index (χ4v) is 1.20. The van der Waals surface area contributed by atoms with Crippen molar-refractivity contribution in [3.05, 3.63) is 29.3 Å². The lowest BCUT2D eigenvalue weighted by Crippen LogP contribution is -2.14. The van der Waals surface area contributed by atoms with Gasteiger partial charge in [0.05, 0.1) is 13.5 Å². The van der Waals surface area contributed by atoms with Crippen LogP contribution >= 0.6 is 0 Å². The molecule has 0 saturated carbocycles. The molecule has 0 bridgehead atoms. The summed E-state index contributed by atoms with van der Waals surface area (Å²) in [5.41, 5.74) is 5.32. The van der Waals surface area contributed by atoms with Crippen LogP contribution in [0.5, 0.6) is 5.75 Å². The number of aromatic hydroxyl groups is 1. The number of ether oxygens (including phenoxy) is 1. The average molecular weight is 209 g/mol. The molecule has 80 valence electrons. The van der Waals surface area contributed by atoms with E-state index in [-0.39, 0.29) is 17.7 Å². The van der Waals surface area contributed by atoms with E-state index in [1.165, 1.54) is 19.2 Å². The van der Waals surface area contributed by atoms with Gasteiger partial charge >= 0.3 is 5.97 Å². The summed E-state index contributed by atoms with van der Waals surface area (Å²) in [6.07, 6.45) is -0.114. The van der Waals surface area contributed by atoms with Crippen molar-refractivity contribution < 1.29 is 19.4 Å². The highest BCUT2D eigenvalue weighted by Gasteiger charge is 2.15. The van der Waals surface area contributed by atoms with Crippen LogP contribution < -0.4 is 5.73 Å². The van der Waals surface area contributed by atoms with Gasteiger partial charge < -0.3 is 15.6 Å². The Hall–Kier alpha value is -2.04. The van der Waals surface area contributed by atoms with Crippen molar-refractivity contribution in [3.8, 4) is 5.75 Å². The number of amides is 1. The molecular formula is C10H11NO4. The summed E-state index contributed by atoms with van der Waals surface area (Å²) in [4.78, 5) is 21.8. The van der Waals surface area contributed by atoms with Gasteiger partial charge in [0.1, 0.15) is 11.3 Å². The number of carbonyl (C=O) groups is 2. The molecule has 0 aliphatic rings. The number of benzene rings is 1. The molecule has 5 heteroatoms. The number of methoxy groups -OCH3 is 1. The monoisotopic (exact) mass is 209 g/mol. The minimum absolute atomic E-state index is 0.0243. The smallest absolute Gasteiger partial charge is 0.341 e. The van der Waals surface area contributed by atoms with E-state index in [0.29, 0.717) is 5.56 Å². The Kier molecular flexibility index (Phi) is 3.28. The van der Waals surface area contributed by atoms with Crippen LogP contribution in [0.15, 0.2) is 18.2 Å². The van der Waals surface area contributed by atoms with Gasteiger partial charge in [-0.15, -0.1) is 0 Å². The normalized spacial score (nSPS) is 9.67. The molecule has 1 rings (SSSR count). The van der Waals surface area contributed by atoms with E-state index < -0.39 is 11.9 Å². The largest absolute Gasteiger partial charge is 0.507 e. The van der Waals surface area contributed by atoms with Gasteiger partial charge in [-0.3, -0.25) is 4.79 Å². The maximum atomic E-state index is 11.2. The van der Waals surface area contributed by atoms with Crippen LogP contribution in [0.3, 0.4) is 0 Å². The molecule has 3 N–H and O–H groups in total. The van der Waals surface area contributed by atoms with Gasteiger partial charge in [-0.05, 0) is 6.07 Å². The lowest BCUT2D eigenvalue weighted by atomic mass is 10.1. The maximum absolute atomic E-state index is 11.2. The summed E-state index contributed by atoms with van der Waals surface area (Å²) >= 11 is 0. The number of nitrogens with two attached hydrogens (primary N) is 1. The summed E-state index contributed by atoms with van der Waals surface area (Å²) in [5.74, 6) is -1.49. The van der Waals surface area contributed by atoms with Gasteiger partial charge in [0.15, 0.2) is 0 Å². The first-order valence-corrected chi connectivity index (χ1v) is 4.23. The lowest BCUT2D eigenvalue weighted by Gasteiger charge is -2.06. The minimum atomic E-state index is -0.654. The van der Waals surface area contributed by atoms with Crippen LogP contribution in [0, 0.1) is 0 Å². The zero-order chi connectivity index (χ0) is 11.4. The molecule has 1 aromatic rings. The second kappa shape index (κ2) is 4.45. The summed E-state index contributed by atoms with van der Waals surface area (Å²) in [6.45, 7) is 0. The SMILES string of the molecule is COC(=O)c1cccc(CC(N)=O)c1O. The Balaban J connectivity index is 3.11. The van der Waals surface area contributed by atoms with E-state index in [9.17, 15) is 14.7 Å². The summed E-state index contributed by atoms with van der Waals surface area (Å²) in [7, 11) is 1.21. The van der Waals surface area contributed by atoms with Gasteiger partial charge in [-0.2, -0.15) is 0 Å². The zero-order valence-corrected chi connectivity index (χ0v) is 8.19. The molecule has 0 radical (unpaired) electrons. The van der Waals surface area contributed by atoms with Crippen LogP contribution in [-0.4, -0.2) is 24.1 Å². The molecule has 0 unspecified atom stereocenters. The second-order valence-electron chi connectivity index (χ2n) is 2.95. The number of hydrogen-bond acceptors (Lipinski definition) is 4. The first kappa shape index (κ1) is 11.0. The van der Waals surface area contributed by atoms with Crippen LogP contribution in [0.25, 0.3) is 0 Å². The topological polar surface area (TPSA) is 89.6 Å². The van der Waals surface area contributed by atoms with E-state index in [4.69, 9.17) is 5.73 Å². The van der Waals surface area contributed by atoms with Crippen molar-refractivity contribution in [2.45, 2.75) is 6.42 Å². The number of primary amides is 1. The molecule has 15 heavy (non-hydrogen) atoms. The Morgan fingerprint density at radius 1 is 1.47 bits per heavy atom. The molecule has 0 aliphatic heterocycles. The van der Waals surface area contributed by atoms with Crippen LogP contribution in [0.2, 0.25) is 0 Å². The number of carbonyl (C=O) groups excluding carboxylic acids is 2. The van der Waals surface area contributed by atoms with Gasteiger partial charge in [-0.1, -0.05) is 12.1 Å². The quantitative estimate of drug-likeness (QED) is 0.696. The van der Waals surface area contributed by atoms with Crippen molar-refractivity contribution >= 4 is 11.9 Å². The molecule has 0 heterocycles. The number of hydrogen-bond donors (Lipinski definition) is 2. The summed E-state index contributed by atoms with van der Waals surface area (Å²) < 4.78 is 4.46. The highest BCUT2D eigenvalue weighted by molar-refractivity contribution is 5.93. The standard InChI is InChI=1S/C10H11NO4/c1-15-10(14)7-4-2-3-6(9(7)13)5-8(11)12/h2-4,13H,5H2,1H3,(H2,11,12). The van der Waals surface area contributed by atoms with E-state index in [1.807, 2.05) is 0 Å². The highest BCUT2D eigenvalue weighted by atomic mass is 16.5. The van der Waals surface area contributed by atoms with Crippen molar-refractivity contribution in [2.24, 2.45) is 5.73 Å². The number of phenols is 1. The maximum Gasteiger partial charge on any atom is 0.341 e. The molecule has 0 aliphatic carbocycles. The summed E-state index contributed by atoms with van der Waals surface area (Å²) in [5, 5.41) is 9.63. The van der Waals surface area contributed by atoms with Crippen LogP contribution in [0.1, 0.15) is 15.9 Å². The first-order valence-electron chi connectivity index (χ1n) is 4.23. The van der Waals surface area contributed by atoms with E-state index in [0.717, 1.165) is 0 Å². The van der Waals surface area contributed by atoms with E-state index in [1.54, 1.807) is 6.07 Å². The number of phenolic OH excluding ortho intramolecular Hbond substituents is 1. The predicted molar refractivity (Wildman–Crippen MR) is 52.3 cm³/mol. The molecule has 0 fully saturated rings. The van der Waals surface area contributed by atoms with Crippen molar-refractivity contribution in [2.75, 3.05) is 7.11 Å². The van der Waals surface area contributed by atoms with Crippen molar-refractivity contribution in [3.63, 3.8) is 0 Å². The third kappa shape index (κ3) is 2.46. The Morgan fingerprint density at radius 3 is 2.67 bits per heavy atom. The number of esters is 1. The molecule has 0 saturated heterocycles. The molecule has 5 nitrogen and oxygen atoms in total. The van der Waals surface area contributed by atoms with E-state index >= 15 is 0 Å². The van der Waals surface area contributed by atoms with Gasteiger partial charge in [0.2, 0.25) is 5.91 Å². The molecule has 1 amide bonds. The van der Waals surface area contributed by atoms with Gasteiger partial charge in [0, 0.05) is 5.56 Å². The fraction of sp³-hybridized carbons (Fsp3) is 0.200. The van der Waals surface area contributed by atoms with Crippen LogP contribution in [-0.2, 0) is 16.0 Å². The van der Waals surface area contributed by atoms with Gasteiger partial charge in [0.25, 0.3) is 0 Å². The highest BCUT2D eigenvalue weighted by Crippen LogP contribution is 2.23. The minimum Gasteiger partial charge on any atom is -0.507 e. The first-order chi connectivity index (χ1) is 7.06. The number of para-hydroxylation sites is 1. The molecule has 0 aromatic heterocycles. The molecule has 1 aromatic carbocycles. The third-order valence-corrected chi connectivity index (χ3v) is 1.89. The van der Waals surface area contributed by atoms with Crippen molar-refractivity contribution in [1.29, 1.82) is 0 Å². The number of rotatable bonds is 3. The Labute approximate surface area is 86.5 Å². The average Bonchev–Trinajstić information content (AvgIpc) is 2.19. The predicted octanol–water partition coefficient (Wildman–Crippen LogP) is 0.207. The zero-order valence-electron chi connectivity index (χ0n) is 8.19. The molecule has 0 spiro atoms. The second-order valence-corrected chi connectivity index (χ2v) is 2.95. The summed E-state index contributed by atoms with van der Waals surface area (Å²) in [6, 6.07) is 4.47. The van der Waals surface area contributed by atoms with Crippen molar-refractivity contribution in [1.82, 2.24) is 0 Å². The van der Waals surface area contributed by atoms with Gasteiger partial charge in [-0.25, -0.2) is 4.79 Å². The fourth-order valence-electron chi connectivity index (χ4n) is 1.20. The van der Waals surface area contributed by atoms with E-state index in [2.05, 4.69) is 4.74 Å². The Bertz CT molecular complexity index is 400.